The smallest absolute Gasteiger partial charge is 0.189 e. The number of allylic oxidation sites excluding steroid dienone is 1. The molecule has 1 aliphatic rings. The minimum absolute atomic E-state index is 0.0448. The fourth-order valence-electron chi connectivity index (χ4n) is 1.27. The van der Waals surface area contributed by atoms with Crippen LogP contribution in [0.4, 0.5) is 0 Å². The van der Waals surface area contributed by atoms with Crippen molar-refractivity contribution in [3.63, 3.8) is 0 Å². The standard InChI is InChI=1S/C12H12O2S/c13-12(11-6-2-1-3-7-11)10-14-15-8-4-5-9-15/h1-8H,9-10H2. The SMILES string of the molecule is O=C(COS1=CC=CC1)c1ccccc1. The van der Waals surface area contributed by atoms with Gasteiger partial charge in [0.25, 0.3) is 0 Å². The van der Waals surface area contributed by atoms with E-state index in [9.17, 15) is 4.79 Å². The Morgan fingerprint density at radius 3 is 2.80 bits per heavy atom. The fraction of sp³-hybridized carbons (Fsp3) is 0.167. The molecule has 0 saturated heterocycles. The van der Waals surface area contributed by atoms with Gasteiger partial charge >= 0.3 is 0 Å². The lowest BCUT2D eigenvalue weighted by molar-refractivity contribution is 0.0935. The Morgan fingerprint density at radius 1 is 1.33 bits per heavy atom. The molecular formula is C12H12O2S. The molecule has 1 aliphatic heterocycles. The van der Waals surface area contributed by atoms with Gasteiger partial charge in [-0.15, -0.1) is 0 Å². The van der Waals surface area contributed by atoms with Crippen molar-refractivity contribution in [1.82, 2.24) is 0 Å². The predicted molar refractivity (Wildman–Crippen MR) is 64.4 cm³/mol. The zero-order valence-electron chi connectivity index (χ0n) is 8.26. The second-order valence-electron chi connectivity index (χ2n) is 3.16. The highest BCUT2D eigenvalue weighted by molar-refractivity contribution is 8.11. The minimum atomic E-state index is -0.179. The third-order valence-electron chi connectivity index (χ3n) is 2.06. The Morgan fingerprint density at radius 2 is 2.13 bits per heavy atom. The third-order valence-corrected chi connectivity index (χ3v) is 3.47. The van der Waals surface area contributed by atoms with E-state index in [0.717, 1.165) is 5.75 Å². The van der Waals surface area contributed by atoms with E-state index < -0.39 is 0 Å². The highest BCUT2D eigenvalue weighted by Crippen LogP contribution is 2.18. The van der Waals surface area contributed by atoms with Crippen molar-refractivity contribution in [2.45, 2.75) is 0 Å². The normalized spacial score (nSPS) is 18.8. The Bertz CT molecular complexity index is 407. The van der Waals surface area contributed by atoms with Crippen LogP contribution in [0.25, 0.3) is 0 Å². The maximum atomic E-state index is 11.6. The summed E-state index contributed by atoms with van der Waals surface area (Å²) in [7, 11) is -0.179. The molecule has 0 bridgehead atoms. The van der Waals surface area contributed by atoms with E-state index in [-0.39, 0.29) is 23.2 Å². The monoisotopic (exact) mass is 220 g/mol. The van der Waals surface area contributed by atoms with Crippen molar-refractivity contribution in [3.8, 4) is 0 Å². The topological polar surface area (TPSA) is 26.3 Å². The van der Waals surface area contributed by atoms with Crippen LogP contribution in [0, 0.1) is 0 Å². The Balaban J connectivity index is 1.88. The molecule has 78 valence electrons. The fourth-order valence-corrected chi connectivity index (χ4v) is 2.40. The number of ketones is 1. The number of Topliss-reactive ketones (excluding diaryl/α,β-unsaturated/α-hetero) is 1. The predicted octanol–water partition coefficient (Wildman–Crippen LogP) is 2.44. The van der Waals surface area contributed by atoms with Crippen molar-refractivity contribution >= 4 is 21.9 Å². The molecule has 1 aromatic carbocycles. The summed E-state index contributed by atoms with van der Waals surface area (Å²) in [5, 5.41) is 2.00. The first-order valence-corrected chi connectivity index (χ1v) is 6.16. The van der Waals surface area contributed by atoms with Gasteiger partial charge < -0.3 is 4.18 Å². The molecule has 0 N–H and O–H groups in total. The summed E-state index contributed by atoms with van der Waals surface area (Å²) in [4.78, 5) is 11.6. The lowest BCUT2D eigenvalue weighted by Gasteiger charge is -2.04. The summed E-state index contributed by atoms with van der Waals surface area (Å²) in [5.41, 5.74) is 0.716. The van der Waals surface area contributed by atoms with Gasteiger partial charge in [-0.3, -0.25) is 4.79 Å². The van der Waals surface area contributed by atoms with E-state index in [4.69, 9.17) is 4.18 Å². The molecule has 0 aromatic heterocycles. The molecule has 1 unspecified atom stereocenters. The highest BCUT2D eigenvalue weighted by Gasteiger charge is 2.06. The zero-order chi connectivity index (χ0) is 10.5. The molecule has 15 heavy (non-hydrogen) atoms. The minimum Gasteiger partial charge on any atom is -0.314 e. The van der Waals surface area contributed by atoms with Crippen LogP contribution in [0.15, 0.2) is 42.5 Å². The average Bonchev–Trinajstić information content (AvgIpc) is 2.80. The zero-order valence-corrected chi connectivity index (χ0v) is 9.07. The molecule has 1 aromatic rings. The molecule has 0 fully saturated rings. The Labute approximate surface area is 91.7 Å². The second-order valence-corrected chi connectivity index (χ2v) is 4.77. The van der Waals surface area contributed by atoms with E-state index in [1.807, 2.05) is 41.8 Å². The molecule has 3 heteroatoms. The van der Waals surface area contributed by atoms with Gasteiger partial charge in [-0.05, 0) is 5.37 Å². The number of hydrogen-bond donors (Lipinski definition) is 0. The average molecular weight is 220 g/mol. The lowest BCUT2D eigenvalue weighted by Crippen LogP contribution is -2.06. The van der Waals surface area contributed by atoms with E-state index in [2.05, 4.69) is 6.08 Å². The molecule has 0 spiro atoms. The van der Waals surface area contributed by atoms with Gasteiger partial charge in [0.1, 0.15) is 6.61 Å². The number of carbonyl (C=O) groups is 1. The quantitative estimate of drug-likeness (QED) is 0.575. The molecule has 0 radical (unpaired) electrons. The Hall–Kier alpha value is -1.19. The molecule has 2 rings (SSSR count). The summed E-state index contributed by atoms with van der Waals surface area (Å²) in [6.45, 7) is 0.172. The summed E-state index contributed by atoms with van der Waals surface area (Å²) in [6, 6.07) is 9.24. The summed E-state index contributed by atoms with van der Waals surface area (Å²) >= 11 is 0. The molecule has 1 atom stereocenters. The van der Waals surface area contributed by atoms with Gasteiger partial charge in [0.15, 0.2) is 5.78 Å². The molecule has 0 saturated carbocycles. The van der Waals surface area contributed by atoms with Gasteiger partial charge in [0, 0.05) is 11.3 Å². The van der Waals surface area contributed by atoms with Crippen LogP contribution in [0.2, 0.25) is 0 Å². The maximum Gasteiger partial charge on any atom is 0.189 e. The van der Waals surface area contributed by atoms with E-state index in [0.29, 0.717) is 5.56 Å². The van der Waals surface area contributed by atoms with Gasteiger partial charge in [-0.2, -0.15) is 0 Å². The first-order chi connectivity index (χ1) is 7.36. The van der Waals surface area contributed by atoms with Crippen LogP contribution < -0.4 is 0 Å². The maximum absolute atomic E-state index is 11.6. The van der Waals surface area contributed by atoms with Crippen LogP contribution in [-0.4, -0.2) is 23.5 Å². The van der Waals surface area contributed by atoms with E-state index in [1.54, 1.807) is 0 Å². The lowest BCUT2D eigenvalue weighted by atomic mass is 10.1. The van der Waals surface area contributed by atoms with Crippen molar-refractivity contribution in [1.29, 1.82) is 0 Å². The molecule has 1 heterocycles. The van der Waals surface area contributed by atoms with Gasteiger partial charge in [-0.25, -0.2) is 0 Å². The van der Waals surface area contributed by atoms with Crippen LogP contribution in [0.3, 0.4) is 0 Å². The van der Waals surface area contributed by atoms with Crippen LogP contribution in [0.5, 0.6) is 0 Å². The number of carbonyl (C=O) groups excluding carboxylic acids is 1. The summed E-state index contributed by atoms with van der Waals surface area (Å²) in [5.74, 6) is 0.950. The molecular weight excluding hydrogens is 208 g/mol. The molecule has 0 aliphatic carbocycles. The van der Waals surface area contributed by atoms with Gasteiger partial charge in [0.05, 0.1) is 0 Å². The first-order valence-electron chi connectivity index (χ1n) is 4.77. The molecule has 2 nitrogen and oxygen atoms in total. The van der Waals surface area contributed by atoms with Crippen molar-refractivity contribution in [3.05, 3.63) is 48.0 Å². The molecule has 0 amide bonds. The van der Waals surface area contributed by atoms with Crippen molar-refractivity contribution in [2.75, 3.05) is 12.4 Å². The van der Waals surface area contributed by atoms with E-state index in [1.165, 1.54) is 0 Å². The summed E-state index contributed by atoms with van der Waals surface area (Å²) < 4.78 is 5.48. The first kappa shape index (κ1) is 10.3. The van der Waals surface area contributed by atoms with Crippen molar-refractivity contribution < 1.29 is 8.98 Å². The third kappa shape index (κ3) is 2.88. The Kier molecular flexibility index (Phi) is 3.48. The van der Waals surface area contributed by atoms with E-state index >= 15 is 0 Å². The number of benzene rings is 1. The highest BCUT2D eigenvalue weighted by atomic mass is 32.2. The number of hydrogen-bond acceptors (Lipinski definition) is 2. The van der Waals surface area contributed by atoms with Crippen LogP contribution >= 0.6 is 10.8 Å². The van der Waals surface area contributed by atoms with Crippen LogP contribution in [0.1, 0.15) is 10.4 Å². The largest absolute Gasteiger partial charge is 0.314 e. The van der Waals surface area contributed by atoms with Gasteiger partial charge in [-0.1, -0.05) is 53.2 Å². The number of rotatable bonds is 4. The van der Waals surface area contributed by atoms with Crippen molar-refractivity contribution in [2.24, 2.45) is 0 Å². The summed E-state index contributed by atoms with van der Waals surface area (Å²) in [6.07, 6.45) is 4.03. The van der Waals surface area contributed by atoms with Gasteiger partial charge in [0.2, 0.25) is 0 Å². The van der Waals surface area contributed by atoms with Crippen LogP contribution in [-0.2, 0) is 4.18 Å². The second kappa shape index (κ2) is 5.05.